The fourth-order valence-corrected chi connectivity index (χ4v) is 2.95. The van der Waals surface area contributed by atoms with Gasteiger partial charge >= 0.3 is 6.18 Å². The highest BCUT2D eigenvalue weighted by atomic mass is 32.2. The molecule has 0 atom stereocenters. The van der Waals surface area contributed by atoms with Crippen molar-refractivity contribution in [1.29, 1.82) is 0 Å². The summed E-state index contributed by atoms with van der Waals surface area (Å²) in [4.78, 5) is 11.2. The van der Waals surface area contributed by atoms with Gasteiger partial charge in [-0.1, -0.05) is 17.7 Å². The van der Waals surface area contributed by atoms with Gasteiger partial charge in [-0.25, -0.2) is 12.8 Å². The topological polar surface area (TPSA) is 63.2 Å². The second kappa shape index (κ2) is 6.23. The second-order valence-corrected chi connectivity index (χ2v) is 6.62. The molecule has 0 aliphatic rings. The summed E-state index contributed by atoms with van der Waals surface area (Å²) in [6, 6.07) is 7.36. The first kappa shape index (κ1) is 17.9. The lowest BCUT2D eigenvalue weighted by Gasteiger charge is -2.13. The highest BCUT2D eigenvalue weighted by molar-refractivity contribution is 7.92. The molecule has 9 heteroatoms. The van der Waals surface area contributed by atoms with E-state index in [0.717, 1.165) is 17.7 Å². The Balaban J connectivity index is 2.46. The first-order valence-electron chi connectivity index (χ1n) is 6.51. The average molecular weight is 361 g/mol. The third-order valence-electron chi connectivity index (χ3n) is 3.06. The number of carbonyl (C=O) groups is 1. The standard InChI is InChI=1S/C15H11F4NO3S/c1-9-2-5-11(6-3-9)24(22,23)20-13-7-4-10(16)8-12(13)14(21)15(17,18)19/h2-8,20H,1H3. The Morgan fingerprint density at radius 1 is 1.04 bits per heavy atom. The highest BCUT2D eigenvalue weighted by Crippen LogP contribution is 2.28. The lowest BCUT2D eigenvalue weighted by Crippen LogP contribution is -2.25. The number of rotatable bonds is 4. The SMILES string of the molecule is Cc1ccc(S(=O)(=O)Nc2ccc(F)cc2C(=O)C(F)(F)F)cc1. The van der Waals surface area contributed by atoms with Crippen molar-refractivity contribution in [3.8, 4) is 0 Å². The molecule has 0 heterocycles. The molecule has 0 spiro atoms. The molecule has 1 N–H and O–H groups in total. The van der Waals surface area contributed by atoms with Crippen LogP contribution in [0.4, 0.5) is 23.2 Å². The van der Waals surface area contributed by atoms with Gasteiger partial charge in [-0.3, -0.25) is 9.52 Å². The number of sulfonamides is 1. The smallest absolute Gasteiger partial charge is 0.284 e. The first-order chi connectivity index (χ1) is 11.0. The van der Waals surface area contributed by atoms with Crippen molar-refractivity contribution in [2.45, 2.75) is 18.0 Å². The van der Waals surface area contributed by atoms with Crippen LogP contribution < -0.4 is 4.72 Å². The highest BCUT2D eigenvalue weighted by Gasteiger charge is 2.41. The van der Waals surface area contributed by atoms with E-state index in [1.807, 2.05) is 4.72 Å². The van der Waals surface area contributed by atoms with Gasteiger partial charge in [0.05, 0.1) is 16.1 Å². The monoisotopic (exact) mass is 361 g/mol. The van der Waals surface area contributed by atoms with Gasteiger partial charge in [0.2, 0.25) is 0 Å². The van der Waals surface area contributed by atoms with Crippen molar-refractivity contribution < 1.29 is 30.8 Å². The quantitative estimate of drug-likeness (QED) is 0.667. The zero-order chi connectivity index (χ0) is 18.1. The molecule has 0 amide bonds. The fraction of sp³-hybridized carbons (Fsp3) is 0.133. The molecule has 2 aromatic rings. The van der Waals surface area contributed by atoms with Crippen LogP contribution in [0.25, 0.3) is 0 Å². The Morgan fingerprint density at radius 3 is 2.17 bits per heavy atom. The van der Waals surface area contributed by atoms with Crippen LogP contribution in [0.15, 0.2) is 47.4 Å². The Hall–Kier alpha value is -2.42. The summed E-state index contributed by atoms with van der Waals surface area (Å²) in [5, 5.41) is 0. The number of ketones is 1. The zero-order valence-electron chi connectivity index (χ0n) is 12.2. The maximum Gasteiger partial charge on any atom is 0.454 e. The van der Waals surface area contributed by atoms with Crippen molar-refractivity contribution in [3.63, 3.8) is 0 Å². The van der Waals surface area contributed by atoms with E-state index in [-0.39, 0.29) is 4.90 Å². The number of carbonyl (C=O) groups excluding carboxylic acids is 1. The van der Waals surface area contributed by atoms with Crippen LogP contribution in [0.1, 0.15) is 15.9 Å². The summed E-state index contributed by atoms with van der Waals surface area (Å²) in [7, 11) is -4.24. The Labute approximate surface area is 135 Å². The van der Waals surface area contributed by atoms with E-state index in [1.54, 1.807) is 6.92 Å². The number of hydrogen-bond acceptors (Lipinski definition) is 3. The number of alkyl halides is 3. The van der Waals surface area contributed by atoms with Gasteiger partial charge in [-0.05, 0) is 37.3 Å². The fourth-order valence-electron chi connectivity index (χ4n) is 1.87. The minimum Gasteiger partial charge on any atom is -0.284 e. The zero-order valence-corrected chi connectivity index (χ0v) is 13.0. The molecule has 24 heavy (non-hydrogen) atoms. The summed E-state index contributed by atoms with van der Waals surface area (Å²) in [6.07, 6.45) is -5.27. The molecule has 0 unspecified atom stereocenters. The van der Waals surface area contributed by atoms with Gasteiger partial charge in [0.25, 0.3) is 15.8 Å². The van der Waals surface area contributed by atoms with Gasteiger partial charge in [0.1, 0.15) is 5.82 Å². The predicted octanol–water partition coefficient (Wildman–Crippen LogP) is 3.68. The molecule has 4 nitrogen and oxygen atoms in total. The van der Waals surface area contributed by atoms with Crippen molar-refractivity contribution in [2.75, 3.05) is 4.72 Å². The minimum atomic E-state index is -5.27. The molecule has 0 saturated heterocycles. The van der Waals surface area contributed by atoms with Gasteiger partial charge in [-0.2, -0.15) is 13.2 Å². The van der Waals surface area contributed by atoms with E-state index in [2.05, 4.69) is 0 Å². The molecule has 0 aromatic heterocycles. The van der Waals surface area contributed by atoms with Gasteiger partial charge in [0.15, 0.2) is 0 Å². The van der Waals surface area contributed by atoms with Crippen LogP contribution in [0.3, 0.4) is 0 Å². The van der Waals surface area contributed by atoms with E-state index in [1.165, 1.54) is 24.3 Å². The summed E-state index contributed by atoms with van der Waals surface area (Å²) < 4.78 is 77.3. The van der Waals surface area contributed by atoms with Gasteiger partial charge < -0.3 is 0 Å². The number of hydrogen-bond donors (Lipinski definition) is 1. The molecule has 128 valence electrons. The summed E-state index contributed by atoms with van der Waals surface area (Å²) in [5.41, 5.74) is -0.985. The summed E-state index contributed by atoms with van der Waals surface area (Å²) in [6.45, 7) is 1.73. The number of aryl methyl sites for hydroxylation is 1. The van der Waals surface area contributed by atoms with Crippen LogP contribution in [-0.2, 0) is 10.0 Å². The van der Waals surface area contributed by atoms with Crippen LogP contribution in [0.5, 0.6) is 0 Å². The maximum absolute atomic E-state index is 13.2. The second-order valence-electron chi connectivity index (χ2n) is 4.94. The third-order valence-corrected chi connectivity index (χ3v) is 4.44. The third kappa shape index (κ3) is 3.91. The Morgan fingerprint density at radius 2 is 1.62 bits per heavy atom. The summed E-state index contributed by atoms with van der Waals surface area (Å²) >= 11 is 0. The number of anilines is 1. The van der Waals surface area contributed by atoms with E-state index in [9.17, 15) is 30.8 Å². The normalized spacial score (nSPS) is 12.0. The molecule has 0 saturated carbocycles. The number of halogens is 4. The molecule has 0 radical (unpaired) electrons. The van der Waals surface area contributed by atoms with Crippen molar-refractivity contribution in [1.82, 2.24) is 0 Å². The predicted molar refractivity (Wildman–Crippen MR) is 78.8 cm³/mol. The van der Waals surface area contributed by atoms with Gasteiger partial charge in [-0.15, -0.1) is 0 Å². The Bertz CT molecular complexity index is 875. The van der Waals surface area contributed by atoms with Crippen molar-refractivity contribution >= 4 is 21.5 Å². The van der Waals surface area contributed by atoms with E-state index >= 15 is 0 Å². The van der Waals surface area contributed by atoms with Crippen molar-refractivity contribution in [2.24, 2.45) is 0 Å². The van der Waals surface area contributed by atoms with Gasteiger partial charge in [0, 0.05) is 0 Å². The first-order valence-corrected chi connectivity index (χ1v) is 7.99. The van der Waals surface area contributed by atoms with Crippen LogP contribution >= 0.6 is 0 Å². The number of benzene rings is 2. The average Bonchev–Trinajstić information content (AvgIpc) is 2.47. The number of Topliss-reactive ketones (excluding diaryl/α,β-unsaturated/α-hetero) is 1. The number of nitrogens with one attached hydrogen (secondary N) is 1. The van der Waals surface area contributed by atoms with Crippen molar-refractivity contribution in [3.05, 3.63) is 59.4 Å². The Kier molecular flexibility index (Phi) is 4.66. The molecular weight excluding hydrogens is 350 g/mol. The molecular formula is C15H11F4NO3S. The van der Waals surface area contributed by atoms with Crippen LogP contribution in [0.2, 0.25) is 0 Å². The van der Waals surface area contributed by atoms with E-state index < -0.39 is 39.1 Å². The van der Waals surface area contributed by atoms with E-state index in [0.29, 0.717) is 6.07 Å². The van der Waals surface area contributed by atoms with Crippen LogP contribution in [-0.4, -0.2) is 20.4 Å². The lowest BCUT2D eigenvalue weighted by molar-refractivity contribution is -0.0884. The summed E-state index contributed by atoms with van der Waals surface area (Å²) in [5.74, 6) is -3.44. The molecule has 0 fully saturated rings. The maximum atomic E-state index is 13.2. The largest absolute Gasteiger partial charge is 0.454 e. The van der Waals surface area contributed by atoms with Crippen LogP contribution in [0, 0.1) is 12.7 Å². The molecule has 0 aliphatic heterocycles. The molecule has 0 aliphatic carbocycles. The van der Waals surface area contributed by atoms with E-state index in [4.69, 9.17) is 0 Å². The molecule has 2 rings (SSSR count). The molecule has 0 bridgehead atoms. The minimum absolute atomic E-state index is 0.206. The lowest BCUT2D eigenvalue weighted by atomic mass is 10.1. The molecule has 2 aromatic carbocycles.